The van der Waals surface area contributed by atoms with Gasteiger partial charge in [0.05, 0.1) is 53.3 Å². The van der Waals surface area contributed by atoms with E-state index >= 15 is 0 Å². The topological polar surface area (TPSA) is 142 Å². The second-order valence-electron chi connectivity index (χ2n) is 11.7. The number of fused-ring (bicyclic) bond motifs is 5. The Bertz CT molecular complexity index is 1800. The molecule has 0 amide bonds. The summed E-state index contributed by atoms with van der Waals surface area (Å²) < 4.78 is 4.93. The van der Waals surface area contributed by atoms with Gasteiger partial charge in [0.2, 0.25) is 0 Å². The van der Waals surface area contributed by atoms with E-state index < -0.39 is 0 Å². The fourth-order valence-corrected chi connectivity index (χ4v) is 6.82. The van der Waals surface area contributed by atoms with E-state index in [1.807, 2.05) is 45.9 Å². The van der Waals surface area contributed by atoms with E-state index in [0.29, 0.717) is 51.7 Å². The summed E-state index contributed by atoms with van der Waals surface area (Å²) in [5, 5.41) is 13.1. The standard InChI is InChI=1S/C34H35N5O5/c1-7-19-15(2)23-11-27-21(14-35-43)17(4)22(37-27)10-24-16(3)20(8-9-30(42)44-6)33(38-24)32-29(41)13-28(40)31-18(5)25(39-34(31)32)12-26(19)36-23/h10-12,14,16,20,35,38,43H,7-9,13H2,1-6H3/b21-14-,23-11?,24-10?,25-12?,33-32?. The molecule has 10 heteroatoms. The number of carbonyl (C=O) groups excluding carboxylic acids is 3. The lowest BCUT2D eigenvalue weighted by Gasteiger charge is -2.22. The number of hydrogen-bond donors (Lipinski definition) is 3. The van der Waals surface area contributed by atoms with Gasteiger partial charge in [-0.3, -0.25) is 25.1 Å². The van der Waals surface area contributed by atoms with Crippen LogP contribution >= 0.6 is 0 Å². The second kappa shape index (κ2) is 11.1. The number of hydroxylamine groups is 1. The molecule has 8 bridgehead atoms. The van der Waals surface area contributed by atoms with Crippen LogP contribution in [0.1, 0.15) is 60.3 Å². The molecule has 5 heterocycles. The number of ketones is 2. The molecule has 6 aliphatic rings. The van der Waals surface area contributed by atoms with E-state index in [9.17, 15) is 19.6 Å². The molecule has 2 atom stereocenters. The van der Waals surface area contributed by atoms with Crippen molar-refractivity contribution >= 4 is 34.7 Å². The maximum atomic E-state index is 13.7. The highest BCUT2D eigenvalue weighted by molar-refractivity contribution is 6.46. The number of nitrogens with one attached hydrogen (secondary N) is 2. The Morgan fingerprint density at radius 1 is 1.02 bits per heavy atom. The SMILES string of the molecule is CCC1=C(C)C2=CC3=NC(=C(C)/C3=C/NO)C=C3NC(=C4C(=O)CC(=O)C5=C(C)C(=CC1=N2)N=C54)C(CCC(=O)OC)C3C. The van der Waals surface area contributed by atoms with E-state index in [4.69, 9.17) is 19.7 Å². The number of allylic oxidation sites excluding steroid dienone is 12. The first-order chi connectivity index (χ1) is 21.1. The quantitative estimate of drug-likeness (QED) is 0.236. The number of esters is 1. The van der Waals surface area contributed by atoms with Crippen LogP contribution in [0, 0.1) is 11.8 Å². The van der Waals surface area contributed by atoms with Crippen LogP contribution in [-0.2, 0) is 19.1 Å². The lowest BCUT2D eigenvalue weighted by atomic mass is 9.80. The Balaban J connectivity index is 1.64. The minimum Gasteiger partial charge on any atom is -0.469 e. The van der Waals surface area contributed by atoms with Gasteiger partial charge in [0.1, 0.15) is 0 Å². The lowest BCUT2D eigenvalue weighted by molar-refractivity contribution is -0.141. The maximum Gasteiger partial charge on any atom is 0.305 e. The van der Waals surface area contributed by atoms with Crippen molar-refractivity contribution in [3.63, 3.8) is 0 Å². The molecule has 0 aromatic rings. The van der Waals surface area contributed by atoms with Gasteiger partial charge in [-0.05, 0) is 74.1 Å². The van der Waals surface area contributed by atoms with E-state index in [-0.39, 0.29) is 42.2 Å². The number of nitrogens with zero attached hydrogens (tertiary/aromatic N) is 3. The van der Waals surface area contributed by atoms with Crippen LogP contribution in [0.15, 0.2) is 107 Å². The van der Waals surface area contributed by atoms with Gasteiger partial charge in [-0.2, -0.15) is 0 Å². The van der Waals surface area contributed by atoms with Crippen molar-refractivity contribution in [2.24, 2.45) is 26.8 Å². The van der Waals surface area contributed by atoms with Crippen LogP contribution in [0.25, 0.3) is 0 Å². The summed E-state index contributed by atoms with van der Waals surface area (Å²) in [5.41, 5.74) is 12.7. The van der Waals surface area contributed by atoms with Gasteiger partial charge in [0.25, 0.3) is 0 Å². The van der Waals surface area contributed by atoms with Crippen molar-refractivity contribution in [2.75, 3.05) is 7.11 Å². The Kier molecular flexibility index (Phi) is 7.41. The Morgan fingerprint density at radius 2 is 1.73 bits per heavy atom. The predicted octanol–water partition coefficient (Wildman–Crippen LogP) is 4.80. The van der Waals surface area contributed by atoms with E-state index in [0.717, 1.165) is 45.8 Å². The summed E-state index contributed by atoms with van der Waals surface area (Å²) in [4.78, 5) is 54.0. The molecular weight excluding hydrogens is 558 g/mol. The van der Waals surface area contributed by atoms with Crippen molar-refractivity contribution in [3.05, 3.63) is 91.9 Å². The molecule has 6 rings (SSSR count). The first-order valence-electron chi connectivity index (χ1n) is 14.9. The molecule has 44 heavy (non-hydrogen) atoms. The lowest BCUT2D eigenvalue weighted by Crippen LogP contribution is -2.32. The summed E-state index contributed by atoms with van der Waals surface area (Å²) >= 11 is 0. The highest BCUT2D eigenvalue weighted by atomic mass is 16.5. The van der Waals surface area contributed by atoms with Crippen LogP contribution < -0.4 is 10.8 Å². The molecule has 226 valence electrons. The van der Waals surface area contributed by atoms with Crippen LogP contribution in [0.5, 0.6) is 0 Å². The van der Waals surface area contributed by atoms with Crippen LogP contribution in [0.2, 0.25) is 0 Å². The van der Waals surface area contributed by atoms with Crippen LogP contribution in [0.3, 0.4) is 0 Å². The molecule has 2 fully saturated rings. The van der Waals surface area contributed by atoms with Gasteiger partial charge in [0.15, 0.2) is 11.6 Å². The molecule has 0 aromatic carbocycles. The van der Waals surface area contributed by atoms with Crippen LogP contribution in [-0.4, -0.2) is 47.0 Å². The molecule has 10 nitrogen and oxygen atoms in total. The van der Waals surface area contributed by atoms with Gasteiger partial charge in [0, 0.05) is 47.0 Å². The number of ether oxygens (including phenoxy) is 1. The maximum absolute atomic E-state index is 13.7. The average Bonchev–Trinajstić information content (AvgIpc) is 3.66. The second-order valence-corrected chi connectivity index (χ2v) is 11.7. The van der Waals surface area contributed by atoms with Crippen molar-refractivity contribution in [3.8, 4) is 0 Å². The Morgan fingerprint density at radius 3 is 2.43 bits per heavy atom. The highest BCUT2D eigenvalue weighted by Crippen LogP contribution is 2.44. The molecule has 1 aliphatic carbocycles. The van der Waals surface area contributed by atoms with E-state index in [1.54, 1.807) is 0 Å². The third kappa shape index (κ3) is 4.61. The first kappa shape index (κ1) is 29.4. The number of aliphatic imine (C=N–C) groups is 3. The van der Waals surface area contributed by atoms with Gasteiger partial charge >= 0.3 is 5.97 Å². The molecule has 0 spiro atoms. The minimum atomic E-state index is -0.337. The summed E-state index contributed by atoms with van der Waals surface area (Å²) in [6, 6.07) is 0. The Labute approximate surface area is 255 Å². The number of hydrogen-bond acceptors (Lipinski definition) is 10. The molecular formula is C34H35N5O5. The largest absolute Gasteiger partial charge is 0.469 e. The first-order valence-corrected chi connectivity index (χ1v) is 14.9. The third-order valence-corrected chi connectivity index (χ3v) is 9.34. The summed E-state index contributed by atoms with van der Waals surface area (Å²) in [6.07, 6.45) is 8.36. The predicted molar refractivity (Wildman–Crippen MR) is 167 cm³/mol. The van der Waals surface area contributed by atoms with Crippen molar-refractivity contribution < 1.29 is 24.3 Å². The fraction of sp³-hybridized carbons (Fsp3) is 0.353. The van der Waals surface area contributed by atoms with Crippen molar-refractivity contribution in [1.82, 2.24) is 10.8 Å². The smallest absolute Gasteiger partial charge is 0.305 e. The summed E-state index contributed by atoms with van der Waals surface area (Å²) in [6.45, 7) is 9.93. The number of rotatable bonds is 5. The summed E-state index contributed by atoms with van der Waals surface area (Å²) in [5.74, 6) is -1.23. The molecule has 5 aliphatic heterocycles. The summed E-state index contributed by atoms with van der Waals surface area (Å²) in [7, 11) is 1.36. The Hall–Kier alpha value is -4.70. The zero-order valence-corrected chi connectivity index (χ0v) is 25.7. The average molecular weight is 594 g/mol. The minimum absolute atomic E-state index is 0.117. The van der Waals surface area contributed by atoms with E-state index in [2.05, 4.69) is 17.7 Å². The molecule has 0 aromatic heterocycles. The highest BCUT2D eigenvalue weighted by Gasteiger charge is 2.44. The zero-order chi connectivity index (χ0) is 31.4. The third-order valence-electron chi connectivity index (χ3n) is 9.34. The molecule has 1 saturated heterocycles. The molecule has 1 saturated carbocycles. The normalized spacial score (nSPS) is 25.3. The number of Topliss-reactive ketones (excluding diaryl/α,β-unsaturated/α-hetero) is 2. The van der Waals surface area contributed by atoms with Crippen LogP contribution in [0.4, 0.5) is 0 Å². The van der Waals surface area contributed by atoms with Crippen molar-refractivity contribution in [2.45, 2.75) is 60.3 Å². The molecule has 0 radical (unpaired) electrons. The van der Waals surface area contributed by atoms with E-state index in [1.165, 1.54) is 13.3 Å². The van der Waals surface area contributed by atoms with Gasteiger partial charge in [-0.1, -0.05) is 13.8 Å². The monoisotopic (exact) mass is 593 g/mol. The van der Waals surface area contributed by atoms with Gasteiger partial charge in [-0.25, -0.2) is 15.0 Å². The zero-order valence-electron chi connectivity index (χ0n) is 25.7. The molecule has 3 N–H and O–H groups in total. The van der Waals surface area contributed by atoms with Gasteiger partial charge < -0.3 is 10.1 Å². The van der Waals surface area contributed by atoms with Gasteiger partial charge in [-0.15, -0.1) is 0 Å². The fourth-order valence-electron chi connectivity index (χ4n) is 6.82. The number of methoxy groups -OCH3 is 1. The molecule has 2 unspecified atom stereocenters. The number of carbonyl (C=O) groups is 3. The van der Waals surface area contributed by atoms with Crippen molar-refractivity contribution in [1.29, 1.82) is 0 Å².